The molecule has 0 radical (unpaired) electrons. The van der Waals surface area contributed by atoms with Crippen molar-refractivity contribution in [2.75, 3.05) is 5.73 Å². The molecule has 0 amide bonds. The van der Waals surface area contributed by atoms with Crippen molar-refractivity contribution in [2.45, 2.75) is 6.92 Å². The molecule has 2 aromatic rings. The quantitative estimate of drug-likeness (QED) is 0.808. The molecule has 1 heterocycles. The Hall–Kier alpha value is -2.10. The van der Waals surface area contributed by atoms with Crippen LogP contribution in [0.25, 0.3) is 0 Å². The maximum atomic E-state index is 5.49. The summed E-state index contributed by atoms with van der Waals surface area (Å²) in [6.45, 7) is 2.00. The summed E-state index contributed by atoms with van der Waals surface area (Å²) < 4.78 is 5.49. The predicted molar refractivity (Wildman–Crippen MR) is 57.7 cm³/mol. The maximum absolute atomic E-state index is 5.49. The molecule has 0 aliphatic carbocycles. The van der Waals surface area contributed by atoms with E-state index in [2.05, 4.69) is 9.97 Å². The van der Waals surface area contributed by atoms with E-state index < -0.39 is 0 Å². The maximum Gasteiger partial charge on any atom is 0.239 e. The number of nitrogens with two attached hydrogens (primary N) is 1. The zero-order valence-electron chi connectivity index (χ0n) is 8.34. The Kier molecular flexibility index (Phi) is 2.49. The van der Waals surface area contributed by atoms with Crippen LogP contribution in [0.2, 0.25) is 0 Å². The van der Waals surface area contributed by atoms with Gasteiger partial charge in [-0.1, -0.05) is 12.1 Å². The topological polar surface area (TPSA) is 61.0 Å². The summed E-state index contributed by atoms with van der Waals surface area (Å²) in [5.41, 5.74) is 6.62. The minimum Gasteiger partial charge on any atom is -0.437 e. The van der Waals surface area contributed by atoms with Crippen LogP contribution in [-0.2, 0) is 0 Å². The summed E-state index contributed by atoms with van der Waals surface area (Å²) >= 11 is 0. The first-order valence-electron chi connectivity index (χ1n) is 4.56. The largest absolute Gasteiger partial charge is 0.437 e. The van der Waals surface area contributed by atoms with E-state index in [9.17, 15) is 0 Å². The molecular formula is C11H11N3O. The molecule has 4 heteroatoms. The van der Waals surface area contributed by atoms with Crippen LogP contribution in [0.5, 0.6) is 11.6 Å². The Labute approximate surface area is 87.7 Å². The van der Waals surface area contributed by atoms with Gasteiger partial charge >= 0.3 is 0 Å². The van der Waals surface area contributed by atoms with Crippen LogP contribution in [0.3, 0.4) is 0 Å². The minimum absolute atomic E-state index is 0.347. The lowest BCUT2D eigenvalue weighted by atomic mass is 10.2. The Morgan fingerprint density at radius 2 is 2.13 bits per heavy atom. The first-order valence-corrected chi connectivity index (χ1v) is 4.56. The number of anilines is 1. The lowest BCUT2D eigenvalue weighted by Gasteiger charge is -2.04. The fraction of sp³-hybridized carbons (Fsp3) is 0.0909. The van der Waals surface area contributed by atoms with Crippen molar-refractivity contribution in [3.05, 3.63) is 42.2 Å². The van der Waals surface area contributed by atoms with Gasteiger partial charge in [0.15, 0.2) is 0 Å². The van der Waals surface area contributed by atoms with Crippen LogP contribution >= 0.6 is 0 Å². The van der Waals surface area contributed by atoms with Gasteiger partial charge in [-0.25, -0.2) is 0 Å². The number of ether oxygens (including phenoxy) is 1. The second-order valence-electron chi connectivity index (χ2n) is 3.20. The van der Waals surface area contributed by atoms with Gasteiger partial charge in [0.1, 0.15) is 11.6 Å². The zero-order valence-corrected chi connectivity index (χ0v) is 8.34. The van der Waals surface area contributed by atoms with Gasteiger partial charge in [0.05, 0.1) is 12.4 Å². The van der Waals surface area contributed by atoms with Crippen molar-refractivity contribution in [1.82, 2.24) is 9.97 Å². The van der Waals surface area contributed by atoms with Crippen LogP contribution in [0.4, 0.5) is 5.82 Å². The average Bonchev–Trinajstić information content (AvgIpc) is 2.17. The van der Waals surface area contributed by atoms with E-state index in [-0.39, 0.29) is 0 Å². The van der Waals surface area contributed by atoms with Crippen molar-refractivity contribution in [1.29, 1.82) is 0 Å². The Balaban J connectivity index is 2.22. The molecule has 15 heavy (non-hydrogen) atoms. The van der Waals surface area contributed by atoms with E-state index in [0.29, 0.717) is 11.7 Å². The van der Waals surface area contributed by atoms with Crippen molar-refractivity contribution >= 4 is 5.82 Å². The van der Waals surface area contributed by atoms with Crippen molar-refractivity contribution < 1.29 is 4.74 Å². The average molecular weight is 201 g/mol. The number of hydrogen-bond donors (Lipinski definition) is 1. The molecule has 0 unspecified atom stereocenters. The van der Waals surface area contributed by atoms with Gasteiger partial charge in [0, 0.05) is 0 Å². The van der Waals surface area contributed by atoms with E-state index in [0.717, 1.165) is 11.3 Å². The molecule has 0 spiro atoms. The number of hydrogen-bond acceptors (Lipinski definition) is 4. The summed E-state index contributed by atoms with van der Waals surface area (Å²) in [6.07, 6.45) is 3.00. The highest BCUT2D eigenvalue weighted by Crippen LogP contribution is 2.19. The second-order valence-corrected chi connectivity index (χ2v) is 3.20. The number of nitrogens with zero attached hydrogens (tertiary/aromatic N) is 2. The van der Waals surface area contributed by atoms with E-state index in [4.69, 9.17) is 10.5 Å². The van der Waals surface area contributed by atoms with Crippen molar-refractivity contribution in [2.24, 2.45) is 0 Å². The molecule has 0 bridgehead atoms. The number of aryl methyl sites for hydroxylation is 1. The van der Waals surface area contributed by atoms with Crippen LogP contribution in [0.1, 0.15) is 5.56 Å². The monoisotopic (exact) mass is 201 g/mol. The van der Waals surface area contributed by atoms with Crippen molar-refractivity contribution in [3.8, 4) is 11.6 Å². The Morgan fingerprint density at radius 1 is 1.27 bits per heavy atom. The normalized spacial score (nSPS) is 9.93. The summed E-state index contributed by atoms with van der Waals surface area (Å²) in [5.74, 6) is 1.48. The SMILES string of the molecule is Cc1cccc(Oc2cncc(N)n2)c1. The molecule has 4 nitrogen and oxygen atoms in total. The highest BCUT2D eigenvalue weighted by Gasteiger charge is 1.99. The fourth-order valence-electron chi connectivity index (χ4n) is 1.21. The summed E-state index contributed by atoms with van der Waals surface area (Å²) in [5, 5.41) is 0. The van der Waals surface area contributed by atoms with Gasteiger partial charge < -0.3 is 10.5 Å². The smallest absolute Gasteiger partial charge is 0.239 e. The molecular weight excluding hydrogens is 190 g/mol. The van der Waals surface area contributed by atoms with Crippen LogP contribution in [-0.4, -0.2) is 9.97 Å². The lowest BCUT2D eigenvalue weighted by molar-refractivity contribution is 0.461. The van der Waals surface area contributed by atoms with Gasteiger partial charge in [-0.3, -0.25) is 4.98 Å². The Morgan fingerprint density at radius 3 is 2.87 bits per heavy atom. The van der Waals surface area contributed by atoms with E-state index in [1.807, 2.05) is 31.2 Å². The fourth-order valence-corrected chi connectivity index (χ4v) is 1.21. The van der Waals surface area contributed by atoms with Crippen LogP contribution < -0.4 is 10.5 Å². The zero-order chi connectivity index (χ0) is 10.7. The number of rotatable bonds is 2. The third-order valence-corrected chi connectivity index (χ3v) is 1.84. The molecule has 76 valence electrons. The molecule has 0 saturated heterocycles. The molecule has 2 N–H and O–H groups in total. The summed E-state index contributed by atoms with van der Waals surface area (Å²) in [4.78, 5) is 7.88. The molecule has 1 aromatic carbocycles. The number of aromatic nitrogens is 2. The van der Waals surface area contributed by atoms with Gasteiger partial charge in [0.25, 0.3) is 0 Å². The number of nitrogen functional groups attached to an aromatic ring is 1. The predicted octanol–water partition coefficient (Wildman–Crippen LogP) is 2.16. The van der Waals surface area contributed by atoms with E-state index >= 15 is 0 Å². The summed E-state index contributed by atoms with van der Waals surface area (Å²) in [7, 11) is 0. The van der Waals surface area contributed by atoms with Crippen molar-refractivity contribution in [3.63, 3.8) is 0 Å². The minimum atomic E-state index is 0.347. The van der Waals surface area contributed by atoms with Crippen LogP contribution in [0.15, 0.2) is 36.7 Å². The third-order valence-electron chi connectivity index (χ3n) is 1.84. The Bertz CT molecular complexity index is 427. The van der Waals surface area contributed by atoms with E-state index in [1.54, 1.807) is 0 Å². The molecule has 1 aromatic heterocycles. The van der Waals surface area contributed by atoms with Gasteiger partial charge in [-0.15, -0.1) is 0 Å². The molecule has 0 aliphatic heterocycles. The molecule has 0 fully saturated rings. The second kappa shape index (κ2) is 3.96. The third kappa shape index (κ3) is 2.43. The standard InChI is InChI=1S/C11H11N3O/c1-8-3-2-4-9(5-8)15-11-7-13-6-10(12)14-11/h2-7H,1H3,(H2,12,14). The summed E-state index contributed by atoms with van der Waals surface area (Å²) in [6, 6.07) is 7.70. The molecule has 2 rings (SSSR count). The first-order chi connectivity index (χ1) is 7.24. The van der Waals surface area contributed by atoms with E-state index in [1.165, 1.54) is 12.4 Å². The number of benzene rings is 1. The highest BCUT2D eigenvalue weighted by atomic mass is 16.5. The van der Waals surface area contributed by atoms with Crippen LogP contribution in [0, 0.1) is 6.92 Å². The lowest BCUT2D eigenvalue weighted by Crippen LogP contribution is -1.94. The molecule has 0 atom stereocenters. The van der Waals surface area contributed by atoms with Gasteiger partial charge in [-0.2, -0.15) is 4.98 Å². The molecule has 0 saturated carbocycles. The van der Waals surface area contributed by atoms with Gasteiger partial charge in [0.2, 0.25) is 5.88 Å². The van der Waals surface area contributed by atoms with Gasteiger partial charge in [-0.05, 0) is 24.6 Å². The highest BCUT2D eigenvalue weighted by molar-refractivity contribution is 5.32. The molecule has 0 aliphatic rings. The first kappa shape index (κ1) is 9.45.